The Hall–Kier alpha value is -4.32. The molecule has 3 aromatic heterocycles. The van der Waals surface area contributed by atoms with Crippen LogP contribution in [0.4, 0.5) is 5.82 Å². The number of pyridine rings is 1. The van der Waals surface area contributed by atoms with Gasteiger partial charge in [0, 0.05) is 49.2 Å². The second kappa shape index (κ2) is 13.4. The zero-order chi connectivity index (χ0) is 35.3. The highest BCUT2D eigenvalue weighted by molar-refractivity contribution is 9.10. The van der Waals surface area contributed by atoms with E-state index < -0.39 is 6.04 Å². The number of carbonyl (C=O) groups excluding carboxylic acids is 4. The fraction of sp³-hybridized carbons (Fsp3) is 0.474. The van der Waals surface area contributed by atoms with Crippen LogP contribution >= 0.6 is 15.9 Å². The number of anilines is 1. The lowest BCUT2D eigenvalue weighted by molar-refractivity contribution is -0.138. The summed E-state index contributed by atoms with van der Waals surface area (Å²) in [6.45, 7) is 7.08. The van der Waals surface area contributed by atoms with Gasteiger partial charge in [-0.25, -0.2) is 15.0 Å². The Kier molecular flexibility index (Phi) is 9.17. The summed E-state index contributed by atoms with van der Waals surface area (Å²) in [4.78, 5) is 69.6. The van der Waals surface area contributed by atoms with Gasteiger partial charge in [-0.3, -0.25) is 23.9 Å². The number of nitrogens with zero attached hydrogens (tertiary/aromatic N) is 6. The molecule has 1 N–H and O–H groups in total. The van der Waals surface area contributed by atoms with E-state index in [0.29, 0.717) is 59.4 Å². The Balaban J connectivity index is 1.29. The van der Waals surface area contributed by atoms with Crippen LogP contribution in [0.1, 0.15) is 97.7 Å². The van der Waals surface area contributed by atoms with Crippen LogP contribution in [-0.4, -0.2) is 65.1 Å². The summed E-state index contributed by atoms with van der Waals surface area (Å²) >= 11 is 3.44. The molecule has 12 heteroatoms. The fourth-order valence-electron chi connectivity index (χ4n) is 7.99. The average Bonchev–Trinajstić information content (AvgIpc) is 3.48. The minimum absolute atomic E-state index is 0.119. The van der Waals surface area contributed by atoms with Crippen LogP contribution in [0.2, 0.25) is 0 Å². The Morgan fingerprint density at radius 2 is 1.68 bits per heavy atom. The van der Waals surface area contributed by atoms with Crippen LogP contribution < -0.4 is 5.32 Å². The number of carbonyl (C=O) groups is 4. The SMILES string of the molecule is CC(=O)c1nn2c3c(cc(-c4cnc(C)nc4)cc13)CCCCCCC(=O)CC[C@@]13C[C@@H](C(=O)Nc4nc(Br)cc(C)c4C)N(C(=O)C2)[C@@H]1C3. The summed E-state index contributed by atoms with van der Waals surface area (Å²) in [5.41, 5.74) is 5.31. The molecule has 0 unspecified atom stereocenters. The molecule has 2 bridgehead atoms. The maximum atomic E-state index is 14.5. The highest BCUT2D eigenvalue weighted by Gasteiger charge is 2.66. The molecule has 11 nitrogen and oxygen atoms in total. The lowest BCUT2D eigenvalue weighted by Crippen LogP contribution is -2.47. The monoisotopic (exact) mass is 739 g/mol. The van der Waals surface area contributed by atoms with Gasteiger partial charge in [-0.2, -0.15) is 5.10 Å². The van der Waals surface area contributed by atoms with Crippen LogP contribution in [0.3, 0.4) is 0 Å². The number of piperidine rings is 1. The molecule has 1 saturated carbocycles. The van der Waals surface area contributed by atoms with Crippen LogP contribution in [-0.2, 0) is 27.3 Å². The summed E-state index contributed by atoms with van der Waals surface area (Å²) in [5.74, 6) is 0.650. The lowest BCUT2D eigenvalue weighted by atomic mass is 9.91. The zero-order valence-corrected chi connectivity index (χ0v) is 30.6. The van der Waals surface area contributed by atoms with Crippen molar-refractivity contribution < 1.29 is 19.2 Å². The molecule has 50 heavy (non-hydrogen) atoms. The molecule has 2 amide bonds. The first-order valence-corrected chi connectivity index (χ1v) is 18.3. The molecule has 5 heterocycles. The average molecular weight is 741 g/mol. The zero-order valence-electron chi connectivity index (χ0n) is 29.0. The maximum absolute atomic E-state index is 14.5. The molecule has 2 fully saturated rings. The van der Waals surface area contributed by atoms with Gasteiger partial charge in [-0.05, 0) is 121 Å². The van der Waals surface area contributed by atoms with Crippen molar-refractivity contribution in [3.63, 3.8) is 0 Å². The molecular formula is C38H42BrN7O4. The fourth-order valence-corrected chi connectivity index (χ4v) is 8.51. The number of Topliss-reactive ketones (excluding diaryl/α,β-unsaturated/α-hetero) is 2. The first-order chi connectivity index (χ1) is 23.9. The largest absolute Gasteiger partial charge is 0.325 e. The summed E-state index contributed by atoms with van der Waals surface area (Å²) in [6, 6.07) is 5.06. The van der Waals surface area contributed by atoms with Crippen LogP contribution in [0, 0.1) is 26.2 Å². The normalized spacial score (nSPS) is 22.7. The molecule has 2 aliphatic heterocycles. The van der Waals surface area contributed by atoms with E-state index >= 15 is 0 Å². The van der Waals surface area contributed by atoms with E-state index in [1.54, 1.807) is 22.0 Å². The first kappa shape index (κ1) is 34.1. The minimum atomic E-state index is -0.725. The van der Waals surface area contributed by atoms with Gasteiger partial charge in [-0.1, -0.05) is 12.8 Å². The molecule has 1 saturated heterocycles. The number of hydrogen-bond acceptors (Lipinski definition) is 8. The Morgan fingerprint density at radius 3 is 2.42 bits per heavy atom. The predicted octanol–water partition coefficient (Wildman–Crippen LogP) is 6.63. The van der Waals surface area contributed by atoms with E-state index in [9.17, 15) is 19.2 Å². The Bertz CT molecular complexity index is 2040. The van der Waals surface area contributed by atoms with E-state index in [1.807, 2.05) is 32.9 Å². The second-order valence-electron chi connectivity index (χ2n) is 14.4. The van der Waals surface area contributed by atoms with Crippen molar-refractivity contribution in [1.29, 1.82) is 0 Å². The number of ketones is 2. The quantitative estimate of drug-likeness (QED) is 0.182. The highest BCUT2D eigenvalue weighted by Crippen LogP contribution is 2.62. The molecule has 1 aliphatic carbocycles. The molecule has 0 radical (unpaired) electrons. The third-order valence-corrected chi connectivity index (χ3v) is 11.4. The van der Waals surface area contributed by atoms with Crippen molar-refractivity contribution in [1.82, 2.24) is 29.6 Å². The highest BCUT2D eigenvalue weighted by atomic mass is 79.9. The Morgan fingerprint density at radius 1 is 0.940 bits per heavy atom. The number of hydrogen-bond donors (Lipinski definition) is 1. The van der Waals surface area contributed by atoms with Crippen molar-refractivity contribution in [2.45, 2.75) is 111 Å². The van der Waals surface area contributed by atoms with Crippen molar-refractivity contribution in [2.24, 2.45) is 5.41 Å². The van der Waals surface area contributed by atoms with Gasteiger partial charge < -0.3 is 10.2 Å². The van der Waals surface area contributed by atoms with Crippen molar-refractivity contribution in [2.75, 3.05) is 5.32 Å². The molecule has 1 aromatic carbocycles. The summed E-state index contributed by atoms with van der Waals surface area (Å²) in [6.07, 6.45) is 10.8. The predicted molar refractivity (Wildman–Crippen MR) is 193 cm³/mol. The molecule has 7 rings (SSSR count). The molecular weight excluding hydrogens is 698 g/mol. The van der Waals surface area contributed by atoms with Gasteiger partial charge in [0.25, 0.3) is 0 Å². The number of benzene rings is 1. The van der Waals surface area contributed by atoms with Crippen molar-refractivity contribution in [3.05, 3.63) is 63.4 Å². The number of nitrogens with one attached hydrogen (secondary N) is 1. The first-order valence-electron chi connectivity index (χ1n) is 17.5. The summed E-state index contributed by atoms with van der Waals surface area (Å²) in [5, 5.41) is 8.46. The number of halogens is 1. The van der Waals surface area contributed by atoms with Crippen molar-refractivity contribution >= 4 is 56.0 Å². The van der Waals surface area contributed by atoms with E-state index in [2.05, 4.69) is 42.3 Å². The van der Waals surface area contributed by atoms with E-state index in [-0.39, 0.29) is 41.4 Å². The van der Waals surface area contributed by atoms with Gasteiger partial charge in [0.15, 0.2) is 5.78 Å². The summed E-state index contributed by atoms with van der Waals surface area (Å²) in [7, 11) is 0. The minimum Gasteiger partial charge on any atom is -0.325 e. The van der Waals surface area contributed by atoms with Gasteiger partial charge in [0.05, 0.1) is 5.52 Å². The molecule has 3 aliphatic rings. The molecule has 0 spiro atoms. The van der Waals surface area contributed by atoms with Crippen LogP contribution in [0.15, 0.2) is 35.2 Å². The summed E-state index contributed by atoms with van der Waals surface area (Å²) < 4.78 is 2.28. The standard InChI is InChI=1S/C38H42BrN7O4/c1-21-13-32(39)42-36(22(21)2)43-37(50)30-16-38-12-11-28(48)10-8-6-5-7-9-25-14-26(27-18-40-24(4)41-19-27)15-29-34(23(3)47)44-45(35(25)29)20-33(49)46(30)31(38)17-38/h13-15,18-19,30-31H,5-12,16-17,20H2,1-4H3,(H,42,43,50)/t30-,31+,38-/m0/s1. The topological polar surface area (TPSA) is 140 Å². The lowest BCUT2D eigenvalue weighted by Gasteiger charge is -2.27. The maximum Gasteiger partial charge on any atom is 0.248 e. The third kappa shape index (κ3) is 6.50. The molecule has 4 aromatic rings. The van der Waals surface area contributed by atoms with Gasteiger partial charge in [0.2, 0.25) is 11.8 Å². The van der Waals surface area contributed by atoms with E-state index in [0.717, 1.165) is 65.4 Å². The number of aryl methyl sites for hydroxylation is 3. The molecule has 3 atom stereocenters. The van der Waals surface area contributed by atoms with E-state index in [4.69, 9.17) is 5.10 Å². The van der Waals surface area contributed by atoms with Gasteiger partial charge >= 0.3 is 0 Å². The van der Waals surface area contributed by atoms with Gasteiger partial charge in [-0.15, -0.1) is 0 Å². The van der Waals surface area contributed by atoms with Crippen LogP contribution in [0.25, 0.3) is 22.0 Å². The molecule has 260 valence electrons. The number of aromatic nitrogens is 5. The Labute approximate surface area is 299 Å². The van der Waals surface area contributed by atoms with Crippen molar-refractivity contribution in [3.8, 4) is 11.1 Å². The second-order valence-corrected chi connectivity index (χ2v) is 15.2. The number of amides is 2. The number of rotatable bonds is 4. The van der Waals surface area contributed by atoms with E-state index in [1.165, 1.54) is 6.92 Å². The van der Waals surface area contributed by atoms with Crippen LogP contribution in [0.5, 0.6) is 0 Å². The van der Waals surface area contributed by atoms with Gasteiger partial charge in [0.1, 0.15) is 40.3 Å². The third-order valence-electron chi connectivity index (χ3n) is 11.0. The smallest absolute Gasteiger partial charge is 0.248 e.